The molecule has 2 N–H and O–H groups in total. The Kier molecular flexibility index (Phi) is 11.2. The molecule has 0 unspecified atom stereocenters. The van der Waals surface area contributed by atoms with Crippen LogP contribution in [0.5, 0.6) is 5.88 Å². The maximum Gasteiger partial charge on any atom is 0.218 e. The summed E-state index contributed by atoms with van der Waals surface area (Å²) in [6, 6.07) is 8.17. The topological polar surface area (TPSA) is 58.5 Å². The second-order valence-electron chi connectivity index (χ2n) is 5.27. The average Bonchev–Trinajstić information content (AvgIpc) is 3.12. The summed E-state index contributed by atoms with van der Waals surface area (Å²) in [5, 5.41) is 8.76. The van der Waals surface area contributed by atoms with Crippen LogP contribution in [0.25, 0.3) is 0 Å². The second kappa shape index (κ2) is 12.9. The lowest BCUT2D eigenvalue weighted by Crippen LogP contribution is -2.38. The molecule has 0 amide bonds. The van der Waals surface area contributed by atoms with Gasteiger partial charge in [-0.1, -0.05) is 19.1 Å². The minimum Gasteiger partial charge on any atom is -0.477 e. The summed E-state index contributed by atoms with van der Waals surface area (Å²) in [6.45, 7) is 7.06. The van der Waals surface area contributed by atoms with Crippen LogP contribution in [0.15, 0.2) is 40.8 Å². The fourth-order valence-corrected chi connectivity index (χ4v) is 2.85. The monoisotopic (exact) mass is 474 g/mol. The highest BCUT2D eigenvalue weighted by molar-refractivity contribution is 14.0. The highest BCUT2D eigenvalue weighted by Gasteiger charge is 2.05. The van der Waals surface area contributed by atoms with Gasteiger partial charge in [0.2, 0.25) is 5.88 Å². The minimum absolute atomic E-state index is 0. The number of ether oxygens (including phenoxy) is 1. The van der Waals surface area contributed by atoms with E-state index in [0.29, 0.717) is 19.0 Å². The first kappa shape index (κ1) is 21.7. The van der Waals surface area contributed by atoms with E-state index in [9.17, 15) is 0 Å². The summed E-state index contributed by atoms with van der Waals surface area (Å²) >= 11 is 1.78. The first-order chi connectivity index (χ1) is 11.8. The predicted molar refractivity (Wildman–Crippen MR) is 116 cm³/mol. The van der Waals surface area contributed by atoms with Crippen molar-refractivity contribution >= 4 is 41.3 Å². The average molecular weight is 474 g/mol. The fourth-order valence-electron chi connectivity index (χ4n) is 2.14. The molecule has 2 aromatic heterocycles. The molecule has 0 saturated heterocycles. The van der Waals surface area contributed by atoms with E-state index in [2.05, 4.69) is 52.0 Å². The van der Waals surface area contributed by atoms with Crippen LogP contribution >= 0.6 is 35.3 Å². The standard InChI is InChI=1S/C18H26N4OS.HI/c1-3-12-23-17-15(7-5-10-20-17)14-22-18(19-4-2)21-11-9-16-8-6-13-24-16;/h5-8,10,13H,3-4,9,11-12,14H2,1-2H3,(H2,19,21,22);1H. The van der Waals surface area contributed by atoms with Gasteiger partial charge in [-0.15, -0.1) is 35.3 Å². The molecule has 0 aromatic carbocycles. The predicted octanol–water partition coefficient (Wildman–Crippen LogP) is 3.85. The molecule has 0 radical (unpaired) electrons. The Morgan fingerprint density at radius 2 is 2.12 bits per heavy atom. The number of pyridine rings is 1. The molecule has 0 atom stereocenters. The highest BCUT2D eigenvalue weighted by atomic mass is 127. The number of halogens is 1. The summed E-state index contributed by atoms with van der Waals surface area (Å²) in [5.74, 6) is 1.50. The Bertz CT molecular complexity index is 619. The zero-order valence-electron chi connectivity index (χ0n) is 14.8. The van der Waals surface area contributed by atoms with Crippen LogP contribution < -0.4 is 15.4 Å². The minimum atomic E-state index is 0. The van der Waals surface area contributed by atoms with Crippen LogP contribution in [0.2, 0.25) is 0 Å². The van der Waals surface area contributed by atoms with Crippen molar-refractivity contribution in [2.24, 2.45) is 4.99 Å². The van der Waals surface area contributed by atoms with Gasteiger partial charge in [0.05, 0.1) is 13.2 Å². The molecule has 25 heavy (non-hydrogen) atoms. The lowest BCUT2D eigenvalue weighted by Gasteiger charge is -2.12. The first-order valence-corrected chi connectivity index (χ1v) is 9.32. The SMILES string of the molecule is CCCOc1ncccc1CN=C(NCC)NCCc1cccs1.I. The van der Waals surface area contributed by atoms with Gasteiger partial charge in [-0.3, -0.25) is 0 Å². The zero-order valence-corrected chi connectivity index (χ0v) is 18.0. The molecule has 2 rings (SSSR count). The molecule has 0 spiro atoms. The molecule has 0 aliphatic rings. The normalized spacial score (nSPS) is 10.9. The maximum absolute atomic E-state index is 5.69. The number of nitrogens with one attached hydrogen (secondary N) is 2. The molecule has 0 aliphatic heterocycles. The van der Waals surface area contributed by atoms with Gasteiger partial charge in [-0.25, -0.2) is 9.98 Å². The molecular weight excluding hydrogens is 447 g/mol. The summed E-state index contributed by atoms with van der Waals surface area (Å²) in [4.78, 5) is 10.3. The van der Waals surface area contributed by atoms with E-state index < -0.39 is 0 Å². The van der Waals surface area contributed by atoms with Crippen molar-refractivity contribution in [1.82, 2.24) is 15.6 Å². The van der Waals surface area contributed by atoms with Crippen LogP contribution in [0.1, 0.15) is 30.7 Å². The van der Waals surface area contributed by atoms with Gasteiger partial charge in [0.25, 0.3) is 0 Å². The second-order valence-corrected chi connectivity index (χ2v) is 6.30. The molecule has 138 valence electrons. The van der Waals surface area contributed by atoms with Gasteiger partial charge in [-0.05, 0) is 37.3 Å². The van der Waals surface area contributed by atoms with E-state index in [0.717, 1.165) is 37.5 Å². The smallest absolute Gasteiger partial charge is 0.218 e. The van der Waals surface area contributed by atoms with Gasteiger partial charge in [-0.2, -0.15) is 0 Å². The summed E-state index contributed by atoms with van der Waals surface area (Å²) in [5.41, 5.74) is 1.00. The number of rotatable bonds is 9. The molecule has 0 fully saturated rings. The van der Waals surface area contributed by atoms with Crippen molar-refractivity contribution in [2.45, 2.75) is 33.2 Å². The van der Waals surface area contributed by atoms with E-state index in [1.807, 2.05) is 12.1 Å². The summed E-state index contributed by atoms with van der Waals surface area (Å²) in [6.07, 6.45) is 3.72. The van der Waals surface area contributed by atoms with E-state index in [-0.39, 0.29) is 24.0 Å². The molecule has 0 bridgehead atoms. The molecule has 7 heteroatoms. The molecule has 0 saturated carbocycles. The summed E-state index contributed by atoms with van der Waals surface area (Å²) < 4.78 is 5.69. The van der Waals surface area contributed by atoms with Crippen LogP contribution in [0.4, 0.5) is 0 Å². The van der Waals surface area contributed by atoms with Gasteiger partial charge in [0.1, 0.15) is 0 Å². The lowest BCUT2D eigenvalue weighted by atomic mass is 10.3. The lowest BCUT2D eigenvalue weighted by molar-refractivity contribution is 0.302. The Hall–Kier alpha value is -1.35. The van der Waals surface area contributed by atoms with Crippen LogP contribution in [0.3, 0.4) is 0 Å². The largest absolute Gasteiger partial charge is 0.477 e. The molecule has 2 heterocycles. The van der Waals surface area contributed by atoms with Gasteiger partial charge in [0, 0.05) is 29.7 Å². The third kappa shape index (κ3) is 8.04. The Labute approximate surface area is 171 Å². The Balaban J connectivity index is 0.00000312. The van der Waals surface area contributed by atoms with Crippen LogP contribution in [0, 0.1) is 0 Å². The maximum atomic E-state index is 5.69. The third-order valence-electron chi connectivity index (χ3n) is 3.29. The van der Waals surface area contributed by atoms with E-state index in [4.69, 9.17) is 4.74 Å². The number of hydrogen-bond acceptors (Lipinski definition) is 4. The van der Waals surface area contributed by atoms with Crippen LogP contribution in [-0.2, 0) is 13.0 Å². The van der Waals surface area contributed by atoms with Crippen molar-refractivity contribution < 1.29 is 4.74 Å². The number of guanidine groups is 1. The Morgan fingerprint density at radius 3 is 2.84 bits per heavy atom. The fraction of sp³-hybridized carbons (Fsp3) is 0.444. The third-order valence-corrected chi connectivity index (χ3v) is 4.22. The summed E-state index contributed by atoms with van der Waals surface area (Å²) in [7, 11) is 0. The van der Waals surface area contributed by atoms with Gasteiger partial charge in [0.15, 0.2) is 5.96 Å². The molecule has 5 nitrogen and oxygen atoms in total. The number of nitrogens with zero attached hydrogens (tertiary/aromatic N) is 2. The van der Waals surface area contributed by atoms with Crippen molar-refractivity contribution in [1.29, 1.82) is 0 Å². The van der Waals surface area contributed by atoms with Crippen molar-refractivity contribution in [3.8, 4) is 5.88 Å². The number of aromatic nitrogens is 1. The first-order valence-electron chi connectivity index (χ1n) is 8.44. The number of hydrogen-bond donors (Lipinski definition) is 2. The van der Waals surface area contributed by atoms with Gasteiger partial charge >= 0.3 is 0 Å². The van der Waals surface area contributed by atoms with Crippen molar-refractivity contribution in [3.63, 3.8) is 0 Å². The number of aliphatic imine (C=N–C) groups is 1. The highest BCUT2D eigenvalue weighted by Crippen LogP contribution is 2.15. The Morgan fingerprint density at radius 1 is 1.24 bits per heavy atom. The molecule has 2 aromatic rings. The quantitative estimate of drug-likeness (QED) is 0.330. The van der Waals surface area contributed by atoms with E-state index in [1.54, 1.807) is 17.5 Å². The molecular formula is C18H27IN4OS. The zero-order chi connectivity index (χ0) is 17.0. The van der Waals surface area contributed by atoms with E-state index in [1.165, 1.54) is 4.88 Å². The van der Waals surface area contributed by atoms with Crippen molar-refractivity contribution in [3.05, 3.63) is 46.3 Å². The van der Waals surface area contributed by atoms with Crippen molar-refractivity contribution in [2.75, 3.05) is 19.7 Å². The van der Waals surface area contributed by atoms with E-state index >= 15 is 0 Å². The van der Waals surface area contributed by atoms with Gasteiger partial charge < -0.3 is 15.4 Å². The number of thiophene rings is 1. The van der Waals surface area contributed by atoms with Crippen LogP contribution in [-0.4, -0.2) is 30.6 Å². The molecule has 0 aliphatic carbocycles.